The first-order chi connectivity index (χ1) is 13.6. The SMILES string of the molecule is CCc1ocnc1C(=O)N1CCC2(CC1)OCCc1cc(OC)c(OC)cc12. The predicted molar refractivity (Wildman–Crippen MR) is 102 cm³/mol. The summed E-state index contributed by atoms with van der Waals surface area (Å²) < 4.78 is 22.6. The molecule has 2 aliphatic heterocycles. The van der Waals surface area contributed by atoms with E-state index in [9.17, 15) is 4.79 Å². The van der Waals surface area contributed by atoms with E-state index in [0.29, 0.717) is 43.3 Å². The van der Waals surface area contributed by atoms with Gasteiger partial charge in [0.15, 0.2) is 23.6 Å². The highest BCUT2D eigenvalue weighted by Gasteiger charge is 2.43. The Balaban J connectivity index is 1.57. The number of aryl methyl sites for hydroxylation is 1. The van der Waals surface area contributed by atoms with Crippen molar-refractivity contribution in [2.45, 2.75) is 38.2 Å². The summed E-state index contributed by atoms with van der Waals surface area (Å²) in [6, 6.07) is 4.09. The van der Waals surface area contributed by atoms with Gasteiger partial charge in [-0.3, -0.25) is 4.79 Å². The first kappa shape index (κ1) is 18.8. The number of aromatic nitrogens is 1. The largest absolute Gasteiger partial charge is 0.493 e. The second-order valence-corrected chi connectivity index (χ2v) is 7.23. The van der Waals surface area contributed by atoms with Crippen molar-refractivity contribution in [3.63, 3.8) is 0 Å². The molecule has 1 aromatic carbocycles. The number of nitrogens with zero attached hydrogens (tertiary/aromatic N) is 2. The van der Waals surface area contributed by atoms with Crippen LogP contribution in [0.4, 0.5) is 0 Å². The van der Waals surface area contributed by atoms with E-state index >= 15 is 0 Å². The number of oxazole rings is 1. The molecule has 1 amide bonds. The monoisotopic (exact) mass is 386 g/mol. The number of amides is 1. The Morgan fingerprint density at radius 1 is 1.21 bits per heavy atom. The van der Waals surface area contributed by atoms with Crippen LogP contribution in [0, 0.1) is 0 Å². The molecule has 0 atom stereocenters. The third-order valence-electron chi connectivity index (χ3n) is 5.87. The van der Waals surface area contributed by atoms with Gasteiger partial charge in [0.1, 0.15) is 5.76 Å². The fourth-order valence-electron chi connectivity index (χ4n) is 4.32. The Labute approximate surface area is 164 Å². The van der Waals surface area contributed by atoms with Gasteiger partial charge in [0.2, 0.25) is 0 Å². The molecule has 4 rings (SSSR count). The van der Waals surface area contributed by atoms with E-state index in [0.717, 1.165) is 30.6 Å². The van der Waals surface area contributed by atoms with Crippen LogP contribution in [0.1, 0.15) is 47.1 Å². The molecule has 7 heteroatoms. The van der Waals surface area contributed by atoms with E-state index in [4.69, 9.17) is 18.6 Å². The highest BCUT2D eigenvalue weighted by atomic mass is 16.5. The maximum Gasteiger partial charge on any atom is 0.276 e. The van der Waals surface area contributed by atoms with Crippen molar-refractivity contribution in [3.05, 3.63) is 41.1 Å². The molecular weight excluding hydrogens is 360 g/mol. The van der Waals surface area contributed by atoms with Crippen LogP contribution < -0.4 is 9.47 Å². The number of carbonyl (C=O) groups excluding carboxylic acids is 1. The zero-order valence-electron chi connectivity index (χ0n) is 16.6. The van der Waals surface area contributed by atoms with E-state index in [1.165, 1.54) is 12.0 Å². The van der Waals surface area contributed by atoms with Crippen LogP contribution in [0.25, 0.3) is 0 Å². The minimum absolute atomic E-state index is 0.0659. The van der Waals surface area contributed by atoms with Gasteiger partial charge in [0, 0.05) is 19.5 Å². The molecule has 0 unspecified atom stereocenters. The van der Waals surface area contributed by atoms with Crippen molar-refractivity contribution in [2.24, 2.45) is 0 Å². The Morgan fingerprint density at radius 2 is 1.93 bits per heavy atom. The number of hydrogen-bond acceptors (Lipinski definition) is 6. The third-order valence-corrected chi connectivity index (χ3v) is 5.87. The van der Waals surface area contributed by atoms with Gasteiger partial charge in [-0.25, -0.2) is 4.98 Å². The summed E-state index contributed by atoms with van der Waals surface area (Å²) in [7, 11) is 3.29. The van der Waals surface area contributed by atoms with E-state index < -0.39 is 0 Å². The fourth-order valence-corrected chi connectivity index (χ4v) is 4.32. The van der Waals surface area contributed by atoms with E-state index in [1.807, 2.05) is 17.9 Å². The molecule has 1 saturated heterocycles. The molecule has 7 nitrogen and oxygen atoms in total. The molecule has 0 bridgehead atoms. The second-order valence-electron chi connectivity index (χ2n) is 7.23. The lowest BCUT2D eigenvalue weighted by atomic mass is 9.79. The van der Waals surface area contributed by atoms with Crippen molar-refractivity contribution >= 4 is 5.91 Å². The number of carbonyl (C=O) groups is 1. The lowest BCUT2D eigenvalue weighted by Gasteiger charge is -2.45. The standard InChI is InChI=1S/C21H26N2O5/c1-4-16-19(22-13-27-16)20(24)23-8-6-21(7-9-23)15-12-18(26-3)17(25-2)11-14(15)5-10-28-21/h11-13H,4-10H2,1-3H3. The predicted octanol–water partition coefficient (Wildman–Crippen LogP) is 2.96. The molecule has 28 heavy (non-hydrogen) atoms. The average Bonchev–Trinajstić information content (AvgIpc) is 3.22. The number of likely N-dealkylation sites (tertiary alicyclic amines) is 1. The molecule has 1 fully saturated rings. The quantitative estimate of drug-likeness (QED) is 0.804. The van der Waals surface area contributed by atoms with Crippen molar-refractivity contribution in [1.29, 1.82) is 0 Å². The van der Waals surface area contributed by atoms with Gasteiger partial charge >= 0.3 is 0 Å². The lowest BCUT2D eigenvalue weighted by Crippen LogP contribution is -2.48. The Kier molecular flexibility index (Phi) is 5.02. The zero-order valence-corrected chi connectivity index (χ0v) is 16.6. The molecule has 150 valence electrons. The number of hydrogen-bond donors (Lipinski definition) is 0. The van der Waals surface area contributed by atoms with Crippen LogP contribution in [-0.2, 0) is 23.2 Å². The lowest BCUT2D eigenvalue weighted by molar-refractivity contribution is -0.0937. The van der Waals surface area contributed by atoms with Crippen molar-refractivity contribution in [2.75, 3.05) is 33.9 Å². The molecule has 0 aliphatic carbocycles. The minimum Gasteiger partial charge on any atom is -0.493 e. The molecule has 0 N–H and O–H groups in total. The Bertz CT molecular complexity index is 868. The van der Waals surface area contributed by atoms with Gasteiger partial charge in [-0.05, 0) is 42.5 Å². The summed E-state index contributed by atoms with van der Waals surface area (Å²) >= 11 is 0. The van der Waals surface area contributed by atoms with E-state index in [2.05, 4.69) is 11.1 Å². The summed E-state index contributed by atoms with van der Waals surface area (Å²) in [5.74, 6) is 2.02. The molecule has 3 heterocycles. The normalized spacial score (nSPS) is 18.0. The number of piperidine rings is 1. The Morgan fingerprint density at radius 3 is 2.61 bits per heavy atom. The zero-order chi connectivity index (χ0) is 19.7. The summed E-state index contributed by atoms with van der Waals surface area (Å²) in [5, 5.41) is 0. The van der Waals surface area contributed by atoms with Gasteiger partial charge in [0.25, 0.3) is 5.91 Å². The van der Waals surface area contributed by atoms with E-state index in [1.54, 1.807) is 14.2 Å². The topological polar surface area (TPSA) is 74.0 Å². The van der Waals surface area contributed by atoms with Gasteiger partial charge < -0.3 is 23.5 Å². The van der Waals surface area contributed by atoms with Gasteiger partial charge in [-0.1, -0.05) is 6.92 Å². The van der Waals surface area contributed by atoms with Crippen LogP contribution in [0.2, 0.25) is 0 Å². The maximum absolute atomic E-state index is 12.9. The summed E-state index contributed by atoms with van der Waals surface area (Å²) in [6.07, 6.45) is 4.31. The van der Waals surface area contributed by atoms with Crippen LogP contribution in [-0.4, -0.2) is 49.7 Å². The molecule has 2 aliphatic rings. The molecule has 0 radical (unpaired) electrons. The number of fused-ring (bicyclic) bond motifs is 2. The van der Waals surface area contributed by atoms with Crippen LogP contribution >= 0.6 is 0 Å². The van der Waals surface area contributed by atoms with Crippen molar-refractivity contribution in [3.8, 4) is 11.5 Å². The van der Waals surface area contributed by atoms with Gasteiger partial charge in [-0.2, -0.15) is 0 Å². The Hall–Kier alpha value is -2.54. The fraction of sp³-hybridized carbons (Fsp3) is 0.524. The summed E-state index contributed by atoms with van der Waals surface area (Å²) in [4.78, 5) is 18.8. The number of methoxy groups -OCH3 is 2. The minimum atomic E-state index is -0.388. The molecule has 1 spiro atoms. The van der Waals surface area contributed by atoms with Crippen LogP contribution in [0.5, 0.6) is 11.5 Å². The number of rotatable bonds is 4. The maximum atomic E-state index is 12.9. The van der Waals surface area contributed by atoms with Crippen LogP contribution in [0.15, 0.2) is 22.9 Å². The van der Waals surface area contributed by atoms with Crippen molar-refractivity contribution in [1.82, 2.24) is 9.88 Å². The first-order valence-electron chi connectivity index (χ1n) is 9.73. The van der Waals surface area contributed by atoms with Gasteiger partial charge in [0.05, 0.1) is 26.4 Å². The molecule has 0 saturated carbocycles. The highest BCUT2D eigenvalue weighted by Crippen LogP contribution is 2.45. The summed E-state index contributed by atoms with van der Waals surface area (Å²) in [6.45, 7) is 3.85. The first-order valence-corrected chi connectivity index (χ1v) is 9.73. The van der Waals surface area contributed by atoms with Crippen LogP contribution in [0.3, 0.4) is 0 Å². The van der Waals surface area contributed by atoms with Gasteiger partial charge in [-0.15, -0.1) is 0 Å². The summed E-state index contributed by atoms with van der Waals surface area (Å²) in [5.41, 5.74) is 2.42. The number of ether oxygens (including phenoxy) is 3. The molecule has 1 aromatic heterocycles. The molecule has 2 aromatic rings. The number of benzene rings is 1. The smallest absolute Gasteiger partial charge is 0.276 e. The highest BCUT2D eigenvalue weighted by molar-refractivity contribution is 5.93. The van der Waals surface area contributed by atoms with E-state index in [-0.39, 0.29) is 11.5 Å². The third kappa shape index (κ3) is 3.03. The second kappa shape index (κ2) is 7.47. The molecular formula is C21H26N2O5. The average molecular weight is 386 g/mol. The van der Waals surface area contributed by atoms with Crippen molar-refractivity contribution < 1.29 is 23.4 Å².